The molecule has 0 unspecified atom stereocenters. The normalized spacial score (nSPS) is 11.6. The van der Waals surface area contributed by atoms with Crippen LogP contribution in [0.25, 0.3) is 0 Å². The van der Waals surface area contributed by atoms with Gasteiger partial charge in [-0.05, 0) is 61.1 Å². The van der Waals surface area contributed by atoms with Crippen LogP contribution in [0.5, 0.6) is 0 Å². The highest BCUT2D eigenvalue weighted by atomic mass is 127. The maximum Gasteiger partial charge on any atom is 0.264 e. The smallest absolute Gasteiger partial charge is 0.264 e. The van der Waals surface area contributed by atoms with Gasteiger partial charge >= 0.3 is 0 Å². The van der Waals surface area contributed by atoms with Crippen LogP contribution < -0.4 is 5.56 Å². The molecule has 0 atom stereocenters. The highest BCUT2D eigenvalue weighted by Crippen LogP contribution is 2.28. The molecule has 1 N–H and O–H groups in total. The summed E-state index contributed by atoms with van der Waals surface area (Å²) >= 11 is 1.98. The van der Waals surface area contributed by atoms with Gasteiger partial charge in [-0.1, -0.05) is 12.1 Å². The van der Waals surface area contributed by atoms with E-state index in [9.17, 15) is 9.18 Å². The van der Waals surface area contributed by atoms with Gasteiger partial charge in [0, 0.05) is 5.41 Å². The van der Waals surface area contributed by atoms with Crippen LogP contribution in [-0.2, 0) is 5.41 Å². The maximum absolute atomic E-state index is 13.0. The number of aryl methyl sites for hydroxylation is 1. The molecule has 0 amide bonds. The van der Waals surface area contributed by atoms with Gasteiger partial charge in [0.05, 0.1) is 9.26 Å². The number of aromatic amines is 1. The molecular formula is C14H14FIN2O. The summed E-state index contributed by atoms with van der Waals surface area (Å²) in [6, 6.07) is 6.24. The minimum Gasteiger partial charge on any atom is -0.309 e. The average Bonchev–Trinajstić information content (AvgIpc) is 2.35. The Kier molecular flexibility index (Phi) is 3.75. The standard InChI is InChI=1S/C14H14FIN2O/c1-8-11(16)12(19)18-13(17-8)14(2,3)9-4-6-10(15)7-5-9/h4-7H,1-3H3,(H,17,18,19). The van der Waals surface area contributed by atoms with E-state index in [1.807, 2.05) is 36.4 Å². The first kappa shape index (κ1) is 14.2. The molecule has 0 aliphatic rings. The number of hydrogen-bond donors (Lipinski definition) is 1. The molecule has 1 aromatic carbocycles. The van der Waals surface area contributed by atoms with Crippen molar-refractivity contribution in [2.45, 2.75) is 26.2 Å². The first-order valence-electron chi connectivity index (χ1n) is 5.85. The predicted molar refractivity (Wildman–Crippen MR) is 80.8 cm³/mol. The van der Waals surface area contributed by atoms with E-state index < -0.39 is 5.41 Å². The minimum absolute atomic E-state index is 0.140. The summed E-state index contributed by atoms with van der Waals surface area (Å²) in [6.07, 6.45) is 0. The van der Waals surface area contributed by atoms with E-state index in [2.05, 4.69) is 9.97 Å². The number of H-pyrrole nitrogens is 1. The summed E-state index contributed by atoms with van der Waals surface area (Å²) < 4.78 is 13.6. The van der Waals surface area contributed by atoms with E-state index in [4.69, 9.17) is 0 Å². The van der Waals surface area contributed by atoms with Crippen LogP contribution in [-0.4, -0.2) is 9.97 Å². The van der Waals surface area contributed by atoms with E-state index in [0.29, 0.717) is 15.1 Å². The summed E-state index contributed by atoms with van der Waals surface area (Å²) in [4.78, 5) is 19.1. The molecule has 19 heavy (non-hydrogen) atoms. The van der Waals surface area contributed by atoms with Crippen LogP contribution in [0.4, 0.5) is 4.39 Å². The lowest BCUT2D eigenvalue weighted by atomic mass is 9.83. The van der Waals surface area contributed by atoms with Gasteiger partial charge in [0.15, 0.2) is 0 Å². The third kappa shape index (κ3) is 2.70. The third-order valence-electron chi connectivity index (χ3n) is 3.19. The topological polar surface area (TPSA) is 45.8 Å². The van der Waals surface area contributed by atoms with Crippen LogP contribution in [0.15, 0.2) is 29.1 Å². The molecule has 0 spiro atoms. The Hall–Kier alpha value is -1.24. The highest BCUT2D eigenvalue weighted by molar-refractivity contribution is 14.1. The molecule has 5 heteroatoms. The molecule has 0 aliphatic carbocycles. The van der Waals surface area contributed by atoms with E-state index in [-0.39, 0.29) is 11.4 Å². The van der Waals surface area contributed by atoms with E-state index in [1.54, 1.807) is 19.1 Å². The van der Waals surface area contributed by atoms with Crippen LogP contribution in [0, 0.1) is 16.3 Å². The molecule has 3 nitrogen and oxygen atoms in total. The zero-order valence-corrected chi connectivity index (χ0v) is 13.1. The molecular weight excluding hydrogens is 358 g/mol. The number of nitrogens with one attached hydrogen (secondary N) is 1. The fraction of sp³-hybridized carbons (Fsp3) is 0.286. The maximum atomic E-state index is 13.0. The quantitative estimate of drug-likeness (QED) is 0.824. The largest absolute Gasteiger partial charge is 0.309 e. The first-order valence-corrected chi connectivity index (χ1v) is 6.93. The van der Waals surface area contributed by atoms with Crippen molar-refractivity contribution in [3.8, 4) is 0 Å². The first-order chi connectivity index (χ1) is 8.82. The van der Waals surface area contributed by atoms with E-state index >= 15 is 0 Å². The monoisotopic (exact) mass is 372 g/mol. The van der Waals surface area contributed by atoms with Crippen molar-refractivity contribution in [2.75, 3.05) is 0 Å². The summed E-state index contributed by atoms with van der Waals surface area (Å²) in [5, 5.41) is 0. The summed E-state index contributed by atoms with van der Waals surface area (Å²) in [7, 11) is 0. The Labute approximate surface area is 124 Å². The van der Waals surface area contributed by atoms with Crippen molar-refractivity contribution in [1.29, 1.82) is 0 Å². The Morgan fingerprint density at radius 2 is 1.84 bits per heavy atom. The molecule has 1 heterocycles. The summed E-state index contributed by atoms with van der Waals surface area (Å²) in [6.45, 7) is 5.71. The number of aromatic nitrogens is 2. The van der Waals surface area contributed by atoms with Gasteiger partial charge in [0.25, 0.3) is 5.56 Å². The number of benzene rings is 1. The molecule has 100 valence electrons. The number of halogens is 2. The van der Waals surface area contributed by atoms with Gasteiger partial charge in [-0.3, -0.25) is 4.79 Å². The molecule has 0 saturated carbocycles. The molecule has 0 fully saturated rings. The Bertz CT molecular complexity index is 662. The second kappa shape index (κ2) is 5.03. The van der Waals surface area contributed by atoms with Crippen LogP contribution in [0.2, 0.25) is 0 Å². The second-order valence-electron chi connectivity index (χ2n) is 4.95. The molecule has 0 aliphatic heterocycles. The Morgan fingerprint density at radius 3 is 2.37 bits per heavy atom. The zero-order valence-electron chi connectivity index (χ0n) is 10.9. The van der Waals surface area contributed by atoms with Crippen molar-refractivity contribution in [2.24, 2.45) is 0 Å². The number of hydrogen-bond acceptors (Lipinski definition) is 2. The van der Waals surface area contributed by atoms with Crippen LogP contribution in [0.3, 0.4) is 0 Å². The Morgan fingerprint density at radius 1 is 1.26 bits per heavy atom. The molecule has 2 aromatic rings. The van der Waals surface area contributed by atoms with Crippen molar-refractivity contribution < 1.29 is 4.39 Å². The highest BCUT2D eigenvalue weighted by Gasteiger charge is 2.26. The molecule has 2 rings (SSSR count). The number of rotatable bonds is 2. The molecule has 0 bridgehead atoms. The minimum atomic E-state index is -0.484. The van der Waals surface area contributed by atoms with Crippen molar-refractivity contribution >= 4 is 22.6 Å². The Balaban J connectivity index is 2.56. The van der Waals surface area contributed by atoms with Gasteiger partial charge in [0.1, 0.15) is 11.6 Å². The van der Waals surface area contributed by atoms with Crippen molar-refractivity contribution in [3.63, 3.8) is 0 Å². The van der Waals surface area contributed by atoms with Gasteiger partial charge in [0.2, 0.25) is 0 Å². The van der Waals surface area contributed by atoms with Crippen molar-refractivity contribution in [3.05, 3.63) is 61.1 Å². The SMILES string of the molecule is Cc1nc(C(C)(C)c2ccc(F)cc2)[nH]c(=O)c1I. The van der Waals surface area contributed by atoms with Crippen LogP contribution >= 0.6 is 22.6 Å². The molecule has 1 aromatic heterocycles. The lowest BCUT2D eigenvalue weighted by Gasteiger charge is -2.24. The average molecular weight is 372 g/mol. The van der Waals surface area contributed by atoms with Crippen molar-refractivity contribution in [1.82, 2.24) is 9.97 Å². The predicted octanol–water partition coefficient (Wildman–Crippen LogP) is 3.15. The fourth-order valence-electron chi connectivity index (χ4n) is 1.87. The summed E-state index contributed by atoms with van der Waals surface area (Å²) in [5.41, 5.74) is 0.979. The fourth-order valence-corrected chi connectivity index (χ4v) is 2.13. The van der Waals surface area contributed by atoms with Gasteiger partial charge in [-0.15, -0.1) is 0 Å². The van der Waals surface area contributed by atoms with Gasteiger partial charge < -0.3 is 4.98 Å². The summed E-state index contributed by atoms with van der Waals surface area (Å²) in [5.74, 6) is 0.307. The second-order valence-corrected chi connectivity index (χ2v) is 6.02. The molecule has 0 saturated heterocycles. The lowest BCUT2D eigenvalue weighted by molar-refractivity contribution is 0.577. The third-order valence-corrected chi connectivity index (χ3v) is 4.46. The van der Waals surface area contributed by atoms with Crippen LogP contribution in [0.1, 0.15) is 30.9 Å². The number of nitrogens with zero attached hydrogens (tertiary/aromatic N) is 1. The molecule has 0 radical (unpaired) electrons. The van der Waals surface area contributed by atoms with Gasteiger partial charge in [-0.2, -0.15) is 0 Å². The zero-order chi connectivity index (χ0) is 14.2. The van der Waals surface area contributed by atoms with E-state index in [1.165, 1.54) is 12.1 Å². The van der Waals surface area contributed by atoms with Gasteiger partial charge in [-0.25, -0.2) is 9.37 Å². The lowest BCUT2D eigenvalue weighted by Crippen LogP contribution is -2.28. The van der Waals surface area contributed by atoms with E-state index in [0.717, 1.165) is 5.56 Å².